The standard InChI is InChI=1S/C17H14ClN7O2S/c18-13-8-6-12(7-9-13)16(27)19-17(28)22-20-14(26)10-25-23-15(21-24-25)11-4-2-1-3-5-11/h1-9H,10H2,(H,20,26)(H2,19,22,27,28). The zero-order chi connectivity index (χ0) is 19.9. The molecule has 0 spiro atoms. The zero-order valence-corrected chi connectivity index (χ0v) is 15.9. The first-order valence-corrected chi connectivity index (χ1v) is 8.79. The van der Waals surface area contributed by atoms with Gasteiger partial charge in [0.15, 0.2) is 5.11 Å². The quantitative estimate of drug-likeness (QED) is 0.435. The monoisotopic (exact) mass is 415 g/mol. The van der Waals surface area contributed by atoms with E-state index < -0.39 is 11.8 Å². The van der Waals surface area contributed by atoms with E-state index in [1.165, 1.54) is 0 Å². The highest BCUT2D eigenvalue weighted by atomic mass is 35.5. The number of thiocarbonyl (C=S) groups is 1. The summed E-state index contributed by atoms with van der Waals surface area (Å²) in [7, 11) is 0. The van der Waals surface area contributed by atoms with Crippen LogP contribution in [0.25, 0.3) is 11.4 Å². The number of hydrazine groups is 1. The molecule has 0 atom stereocenters. The molecule has 142 valence electrons. The number of amides is 2. The van der Waals surface area contributed by atoms with Gasteiger partial charge in [0.1, 0.15) is 6.54 Å². The van der Waals surface area contributed by atoms with Gasteiger partial charge in [-0.2, -0.15) is 4.80 Å². The molecule has 1 aromatic heterocycles. The lowest BCUT2D eigenvalue weighted by Gasteiger charge is -2.10. The molecule has 0 aliphatic carbocycles. The Morgan fingerprint density at radius 3 is 2.46 bits per heavy atom. The Hall–Kier alpha value is -3.37. The summed E-state index contributed by atoms with van der Waals surface area (Å²) >= 11 is 10.7. The van der Waals surface area contributed by atoms with Gasteiger partial charge in [-0.25, -0.2) is 0 Å². The lowest BCUT2D eigenvalue weighted by Crippen LogP contribution is -2.49. The molecule has 2 aromatic carbocycles. The van der Waals surface area contributed by atoms with E-state index in [4.69, 9.17) is 23.8 Å². The Bertz CT molecular complexity index is 992. The number of rotatable bonds is 4. The van der Waals surface area contributed by atoms with Crippen molar-refractivity contribution in [3.05, 3.63) is 65.2 Å². The topological polar surface area (TPSA) is 114 Å². The first kappa shape index (κ1) is 19.4. The maximum Gasteiger partial charge on any atom is 0.262 e. The molecule has 0 saturated heterocycles. The summed E-state index contributed by atoms with van der Waals surface area (Å²) in [6.07, 6.45) is 0. The molecule has 0 aliphatic heterocycles. The van der Waals surface area contributed by atoms with Gasteiger partial charge < -0.3 is 0 Å². The van der Waals surface area contributed by atoms with Gasteiger partial charge in [-0.05, 0) is 41.7 Å². The minimum absolute atomic E-state index is 0.0650. The largest absolute Gasteiger partial charge is 0.298 e. The van der Waals surface area contributed by atoms with Crippen molar-refractivity contribution in [1.29, 1.82) is 0 Å². The molecule has 9 nitrogen and oxygen atoms in total. The van der Waals surface area contributed by atoms with Crippen LogP contribution in [0.4, 0.5) is 0 Å². The highest BCUT2D eigenvalue weighted by Crippen LogP contribution is 2.11. The van der Waals surface area contributed by atoms with E-state index in [9.17, 15) is 9.59 Å². The molecule has 2 amide bonds. The van der Waals surface area contributed by atoms with Gasteiger partial charge in [0, 0.05) is 16.1 Å². The van der Waals surface area contributed by atoms with Crippen LogP contribution in [0.1, 0.15) is 10.4 Å². The summed E-state index contributed by atoms with van der Waals surface area (Å²) in [6, 6.07) is 15.5. The number of aromatic nitrogens is 4. The SMILES string of the molecule is O=C(Cn1nnc(-c2ccccc2)n1)NNC(=S)NC(=O)c1ccc(Cl)cc1. The Labute approximate surface area is 170 Å². The van der Waals surface area contributed by atoms with Gasteiger partial charge in [-0.3, -0.25) is 25.8 Å². The van der Waals surface area contributed by atoms with Crippen LogP contribution in [0, 0.1) is 0 Å². The van der Waals surface area contributed by atoms with Gasteiger partial charge in [0.05, 0.1) is 0 Å². The minimum Gasteiger partial charge on any atom is -0.298 e. The number of tetrazole rings is 1. The molecule has 3 aromatic rings. The van der Waals surface area contributed by atoms with Crippen LogP contribution in [0.5, 0.6) is 0 Å². The number of carbonyl (C=O) groups is 2. The molecular weight excluding hydrogens is 402 g/mol. The van der Waals surface area contributed by atoms with Crippen molar-refractivity contribution >= 4 is 40.7 Å². The van der Waals surface area contributed by atoms with Crippen LogP contribution in [0.3, 0.4) is 0 Å². The van der Waals surface area contributed by atoms with Crippen LogP contribution in [-0.4, -0.2) is 37.1 Å². The molecule has 28 heavy (non-hydrogen) atoms. The summed E-state index contributed by atoms with van der Waals surface area (Å²) in [5.41, 5.74) is 5.95. The van der Waals surface area contributed by atoms with E-state index in [1.807, 2.05) is 30.3 Å². The number of halogens is 1. The third-order valence-corrected chi connectivity index (χ3v) is 3.87. The Morgan fingerprint density at radius 2 is 1.75 bits per heavy atom. The minimum atomic E-state index is -0.472. The zero-order valence-electron chi connectivity index (χ0n) is 14.3. The summed E-state index contributed by atoms with van der Waals surface area (Å²) in [6.45, 7) is -0.180. The summed E-state index contributed by atoms with van der Waals surface area (Å²) in [4.78, 5) is 25.1. The molecule has 0 saturated carbocycles. The molecule has 0 unspecified atom stereocenters. The van der Waals surface area contributed by atoms with E-state index in [2.05, 4.69) is 31.6 Å². The average Bonchev–Trinajstić information content (AvgIpc) is 3.16. The van der Waals surface area contributed by atoms with Crippen LogP contribution in [0.2, 0.25) is 5.02 Å². The second kappa shape index (κ2) is 9.02. The van der Waals surface area contributed by atoms with E-state index in [0.717, 1.165) is 10.4 Å². The van der Waals surface area contributed by atoms with Gasteiger partial charge in [-0.15, -0.1) is 10.2 Å². The van der Waals surface area contributed by atoms with E-state index in [-0.39, 0.29) is 11.7 Å². The molecule has 0 bridgehead atoms. The van der Waals surface area contributed by atoms with Crippen LogP contribution in [-0.2, 0) is 11.3 Å². The number of nitrogens with one attached hydrogen (secondary N) is 3. The van der Waals surface area contributed by atoms with E-state index >= 15 is 0 Å². The van der Waals surface area contributed by atoms with Gasteiger partial charge >= 0.3 is 0 Å². The molecule has 0 fully saturated rings. The summed E-state index contributed by atoms with van der Waals surface area (Å²) in [5.74, 6) is -0.499. The van der Waals surface area contributed by atoms with Crippen molar-refractivity contribution in [2.24, 2.45) is 0 Å². The van der Waals surface area contributed by atoms with Crippen LogP contribution in [0.15, 0.2) is 54.6 Å². The molecule has 0 aliphatic rings. The van der Waals surface area contributed by atoms with Gasteiger partial charge in [0.2, 0.25) is 5.82 Å². The Kier molecular flexibility index (Phi) is 6.25. The number of nitrogens with zero attached hydrogens (tertiary/aromatic N) is 4. The maximum absolute atomic E-state index is 12.0. The fraction of sp³-hybridized carbons (Fsp3) is 0.0588. The fourth-order valence-corrected chi connectivity index (χ4v) is 2.38. The van der Waals surface area contributed by atoms with Crippen molar-refractivity contribution < 1.29 is 9.59 Å². The summed E-state index contributed by atoms with van der Waals surface area (Å²) in [5, 5.41) is 14.8. The van der Waals surface area contributed by atoms with Gasteiger partial charge in [-0.1, -0.05) is 41.9 Å². The Morgan fingerprint density at radius 1 is 1.04 bits per heavy atom. The second-order valence-electron chi connectivity index (χ2n) is 5.47. The third kappa shape index (κ3) is 5.32. The molecule has 1 heterocycles. The predicted octanol–water partition coefficient (Wildman–Crippen LogP) is 1.33. The molecule has 3 rings (SSSR count). The van der Waals surface area contributed by atoms with Crippen LogP contribution < -0.4 is 16.2 Å². The first-order chi connectivity index (χ1) is 13.5. The maximum atomic E-state index is 12.0. The number of hydrogen-bond acceptors (Lipinski definition) is 6. The summed E-state index contributed by atoms with van der Waals surface area (Å²) < 4.78 is 0. The second-order valence-corrected chi connectivity index (χ2v) is 6.32. The molecule has 3 N–H and O–H groups in total. The normalized spacial score (nSPS) is 10.2. The number of carbonyl (C=O) groups excluding carboxylic acids is 2. The van der Waals surface area contributed by atoms with Crippen molar-refractivity contribution in [3.63, 3.8) is 0 Å². The molecular formula is C17H14ClN7O2S. The van der Waals surface area contributed by atoms with Crippen molar-refractivity contribution in [2.45, 2.75) is 6.54 Å². The van der Waals surface area contributed by atoms with Crippen LogP contribution >= 0.6 is 23.8 Å². The van der Waals surface area contributed by atoms with Gasteiger partial charge in [0.25, 0.3) is 11.8 Å². The third-order valence-electron chi connectivity index (χ3n) is 3.42. The molecule has 0 radical (unpaired) electrons. The van der Waals surface area contributed by atoms with Crippen molar-refractivity contribution in [2.75, 3.05) is 0 Å². The smallest absolute Gasteiger partial charge is 0.262 e. The average molecular weight is 416 g/mol. The first-order valence-electron chi connectivity index (χ1n) is 8.00. The Balaban J connectivity index is 1.46. The van der Waals surface area contributed by atoms with Crippen molar-refractivity contribution in [1.82, 2.24) is 36.4 Å². The lowest BCUT2D eigenvalue weighted by molar-refractivity contribution is -0.122. The highest BCUT2D eigenvalue weighted by Gasteiger charge is 2.11. The fourth-order valence-electron chi connectivity index (χ4n) is 2.12. The van der Waals surface area contributed by atoms with Crippen molar-refractivity contribution in [3.8, 4) is 11.4 Å². The lowest BCUT2D eigenvalue weighted by atomic mass is 10.2. The van der Waals surface area contributed by atoms with E-state index in [0.29, 0.717) is 16.4 Å². The number of benzene rings is 2. The highest BCUT2D eigenvalue weighted by molar-refractivity contribution is 7.80. The number of hydrogen-bond donors (Lipinski definition) is 3. The van der Waals surface area contributed by atoms with E-state index in [1.54, 1.807) is 24.3 Å². The molecule has 11 heteroatoms. The predicted molar refractivity (Wildman–Crippen MR) is 106 cm³/mol.